The molecule has 0 aromatic heterocycles. The molecule has 0 bridgehead atoms. The molecule has 1 fully saturated rings. The van der Waals surface area contributed by atoms with Gasteiger partial charge in [-0.15, -0.1) is 11.8 Å². The SMILES string of the molecule is NC(CNC(=O)CCSc1ccc2c(c1)OCCCO2)C1CC1. The minimum atomic E-state index is 0.0722. The molecule has 1 aliphatic heterocycles. The second-order valence-electron chi connectivity index (χ2n) is 6.06. The molecule has 2 aliphatic rings. The van der Waals surface area contributed by atoms with E-state index in [2.05, 4.69) is 5.32 Å². The van der Waals surface area contributed by atoms with E-state index in [1.54, 1.807) is 11.8 Å². The number of nitrogens with one attached hydrogen (secondary N) is 1. The van der Waals surface area contributed by atoms with Crippen molar-refractivity contribution in [1.29, 1.82) is 0 Å². The average molecular weight is 336 g/mol. The van der Waals surface area contributed by atoms with Crippen molar-refractivity contribution in [3.63, 3.8) is 0 Å². The monoisotopic (exact) mass is 336 g/mol. The number of rotatable bonds is 7. The summed E-state index contributed by atoms with van der Waals surface area (Å²) in [6, 6.07) is 6.07. The van der Waals surface area contributed by atoms with Crippen LogP contribution in [-0.4, -0.2) is 37.5 Å². The van der Waals surface area contributed by atoms with Crippen LogP contribution in [0.25, 0.3) is 0 Å². The average Bonchev–Trinajstić information content (AvgIpc) is 3.39. The fourth-order valence-corrected chi connectivity index (χ4v) is 3.38. The number of hydrogen-bond acceptors (Lipinski definition) is 5. The van der Waals surface area contributed by atoms with Crippen LogP contribution in [0.2, 0.25) is 0 Å². The molecule has 5 nitrogen and oxygen atoms in total. The summed E-state index contributed by atoms with van der Waals surface area (Å²) in [5.74, 6) is 3.03. The van der Waals surface area contributed by atoms with Gasteiger partial charge in [-0.05, 0) is 37.0 Å². The Kier molecular flexibility index (Phi) is 5.67. The smallest absolute Gasteiger partial charge is 0.220 e. The van der Waals surface area contributed by atoms with E-state index in [0.717, 1.165) is 28.6 Å². The molecule has 0 saturated heterocycles. The Balaban J connectivity index is 1.39. The first-order chi connectivity index (χ1) is 11.2. The van der Waals surface area contributed by atoms with Crippen LogP contribution in [0.5, 0.6) is 11.5 Å². The number of hydrogen-bond donors (Lipinski definition) is 2. The van der Waals surface area contributed by atoms with Crippen LogP contribution in [-0.2, 0) is 4.79 Å². The summed E-state index contributed by atoms with van der Waals surface area (Å²) in [7, 11) is 0. The molecule has 23 heavy (non-hydrogen) atoms. The molecule has 1 aromatic rings. The molecule has 3 N–H and O–H groups in total. The maximum atomic E-state index is 11.8. The summed E-state index contributed by atoms with van der Waals surface area (Å²) < 4.78 is 11.3. The summed E-state index contributed by atoms with van der Waals surface area (Å²) >= 11 is 1.65. The van der Waals surface area contributed by atoms with Crippen molar-refractivity contribution < 1.29 is 14.3 Å². The Hall–Kier alpha value is -1.40. The Morgan fingerprint density at radius 2 is 2.09 bits per heavy atom. The molecule has 3 rings (SSSR count). The highest BCUT2D eigenvalue weighted by molar-refractivity contribution is 7.99. The normalized spacial score (nSPS) is 18.1. The molecule has 6 heteroatoms. The Labute approximate surface area is 141 Å². The molecular formula is C17H24N2O3S. The molecule has 1 aliphatic carbocycles. The first kappa shape index (κ1) is 16.5. The van der Waals surface area contributed by atoms with Gasteiger partial charge in [-0.3, -0.25) is 4.79 Å². The lowest BCUT2D eigenvalue weighted by Gasteiger charge is -2.11. The first-order valence-electron chi connectivity index (χ1n) is 8.27. The van der Waals surface area contributed by atoms with E-state index >= 15 is 0 Å². The number of thioether (sulfide) groups is 1. The van der Waals surface area contributed by atoms with Gasteiger partial charge in [-0.2, -0.15) is 0 Å². The molecule has 1 atom stereocenters. The molecule has 1 unspecified atom stereocenters. The number of benzene rings is 1. The zero-order chi connectivity index (χ0) is 16.1. The molecule has 1 saturated carbocycles. The number of ether oxygens (including phenoxy) is 2. The Bertz CT molecular complexity index is 549. The third kappa shape index (κ3) is 5.04. The second-order valence-corrected chi connectivity index (χ2v) is 7.23. The number of carbonyl (C=O) groups is 1. The predicted octanol–water partition coefficient (Wildman–Crippen LogP) is 2.18. The van der Waals surface area contributed by atoms with E-state index < -0.39 is 0 Å². The van der Waals surface area contributed by atoms with Gasteiger partial charge in [0.2, 0.25) is 5.91 Å². The van der Waals surface area contributed by atoms with Crippen LogP contribution >= 0.6 is 11.8 Å². The Morgan fingerprint density at radius 1 is 1.30 bits per heavy atom. The quantitative estimate of drug-likeness (QED) is 0.747. The van der Waals surface area contributed by atoms with Gasteiger partial charge in [0.1, 0.15) is 0 Å². The number of carbonyl (C=O) groups excluding carboxylic acids is 1. The van der Waals surface area contributed by atoms with Crippen molar-refractivity contribution >= 4 is 17.7 Å². The van der Waals surface area contributed by atoms with E-state index in [1.165, 1.54) is 12.8 Å². The van der Waals surface area contributed by atoms with Gasteiger partial charge in [0.15, 0.2) is 11.5 Å². The van der Waals surface area contributed by atoms with Gasteiger partial charge in [-0.25, -0.2) is 0 Å². The summed E-state index contributed by atoms with van der Waals surface area (Å²) in [6.45, 7) is 1.98. The topological polar surface area (TPSA) is 73.6 Å². The standard InChI is InChI=1S/C17H24N2O3S/c18-14(12-2-3-12)11-19-17(20)6-9-23-13-4-5-15-16(10-13)22-8-1-7-21-15/h4-5,10,12,14H,1-3,6-9,11,18H2,(H,19,20). The van der Waals surface area contributed by atoms with Gasteiger partial charge >= 0.3 is 0 Å². The van der Waals surface area contributed by atoms with Crippen LogP contribution in [0.3, 0.4) is 0 Å². The minimum Gasteiger partial charge on any atom is -0.490 e. The zero-order valence-corrected chi connectivity index (χ0v) is 14.1. The van der Waals surface area contributed by atoms with Crippen LogP contribution < -0.4 is 20.5 Å². The molecular weight excluding hydrogens is 312 g/mol. The lowest BCUT2D eigenvalue weighted by atomic mass is 10.2. The van der Waals surface area contributed by atoms with E-state index in [0.29, 0.717) is 32.1 Å². The predicted molar refractivity (Wildman–Crippen MR) is 91.1 cm³/mol. The van der Waals surface area contributed by atoms with Crippen LogP contribution in [0.1, 0.15) is 25.7 Å². The van der Waals surface area contributed by atoms with E-state index in [1.807, 2.05) is 18.2 Å². The van der Waals surface area contributed by atoms with Crippen LogP contribution in [0.4, 0.5) is 0 Å². The fourth-order valence-electron chi connectivity index (χ4n) is 2.51. The number of fused-ring (bicyclic) bond motifs is 1. The highest BCUT2D eigenvalue weighted by Gasteiger charge is 2.28. The van der Waals surface area contributed by atoms with Crippen molar-refractivity contribution in [2.75, 3.05) is 25.5 Å². The lowest BCUT2D eigenvalue weighted by molar-refractivity contribution is -0.120. The van der Waals surface area contributed by atoms with Gasteiger partial charge in [0.25, 0.3) is 0 Å². The maximum absolute atomic E-state index is 11.8. The van der Waals surface area contributed by atoms with Crippen LogP contribution in [0, 0.1) is 5.92 Å². The zero-order valence-electron chi connectivity index (χ0n) is 13.3. The number of amides is 1. The van der Waals surface area contributed by atoms with Crippen molar-refractivity contribution in [3.05, 3.63) is 18.2 Å². The number of nitrogens with two attached hydrogens (primary N) is 1. The third-order valence-corrected chi connectivity index (χ3v) is 5.07. The molecule has 1 aromatic carbocycles. The van der Waals surface area contributed by atoms with Crippen molar-refractivity contribution in [2.24, 2.45) is 11.7 Å². The molecule has 1 amide bonds. The largest absolute Gasteiger partial charge is 0.490 e. The Morgan fingerprint density at radius 3 is 2.87 bits per heavy atom. The summed E-state index contributed by atoms with van der Waals surface area (Å²) in [4.78, 5) is 12.9. The first-order valence-corrected chi connectivity index (χ1v) is 9.25. The van der Waals surface area contributed by atoms with Crippen molar-refractivity contribution in [1.82, 2.24) is 5.32 Å². The van der Waals surface area contributed by atoms with Gasteiger partial charge < -0.3 is 20.5 Å². The van der Waals surface area contributed by atoms with E-state index in [9.17, 15) is 4.79 Å². The van der Waals surface area contributed by atoms with Crippen molar-refractivity contribution in [3.8, 4) is 11.5 Å². The van der Waals surface area contributed by atoms with Crippen molar-refractivity contribution in [2.45, 2.75) is 36.6 Å². The summed E-state index contributed by atoms with van der Waals surface area (Å²) in [5.41, 5.74) is 5.98. The fraction of sp³-hybridized carbons (Fsp3) is 0.588. The summed E-state index contributed by atoms with van der Waals surface area (Å²) in [5, 5.41) is 2.93. The van der Waals surface area contributed by atoms with E-state index in [4.69, 9.17) is 15.2 Å². The molecule has 0 spiro atoms. The highest BCUT2D eigenvalue weighted by atomic mass is 32.2. The van der Waals surface area contributed by atoms with Gasteiger partial charge in [0.05, 0.1) is 13.2 Å². The minimum absolute atomic E-state index is 0.0722. The lowest BCUT2D eigenvalue weighted by Crippen LogP contribution is -2.38. The third-order valence-electron chi connectivity index (χ3n) is 4.08. The second kappa shape index (κ2) is 7.93. The van der Waals surface area contributed by atoms with E-state index in [-0.39, 0.29) is 11.9 Å². The maximum Gasteiger partial charge on any atom is 0.220 e. The van der Waals surface area contributed by atoms with Gasteiger partial charge in [-0.1, -0.05) is 0 Å². The molecule has 1 heterocycles. The molecule has 0 radical (unpaired) electrons. The highest BCUT2D eigenvalue weighted by Crippen LogP contribution is 2.34. The molecule has 126 valence electrons. The summed E-state index contributed by atoms with van der Waals surface area (Å²) in [6.07, 6.45) is 3.81. The van der Waals surface area contributed by atoms with Gasteiger partial charge in [0, 0.05) is 36.1 Å². The van der Waals surface area contributed by atoms with Crippen LogP contribution in [0.15, 0.2) is 23.1 Å².